The number of rotatable bonds is 6. The fraction of sp³-hybridized carbons (Fsp3) is 0.200. The first-order valence-corrected chi connectivity index (χ1v) is 8.19. The van der Waals surface area contributed by atoms with Gasteiger partial charge in [0.2, 0.25) is 5.78 Å². The number of nitrogens with one attached hydrogen (secondary N) is 1. The number of hydrogen-bond donors (Lipinski definition) is 1. The van der Waals surface area contributed by atoms with Crippen LogP contribution in [0.15, 0.2) is 54.7 Å². The fourth-order valence-corrected chi connectivity index (χ4v) is 2.58. The summed E-state index contributed by atoms with van der Waals surface area (Å²) in [5.74, 6) is -1.03. The molecule has 1 aromatic heterocycles. The SMILES string of the molecule is C[C@H](OC(=O)[C@@H](C)Oc1ccc(F)cc1)C(=O)c1c[nH]c2ccccc12. The molecule has 0 unspecified atom stereocenters. The number of aromatic nitrogens is 1. The topological polar surface area (TPSA) is 68.4 Å². The Balaban J connectivity index is 1.64. The van der Waals surface area contributed by atoms with Crippen molar-refractivity contribution in [3.63, 3.8) is 0 Å². The van der Waals surface area contributed by atoms with Crippen molar-refractivity contribution in [1.29, 1.82) is 0 Å². The van der Waals surface area contributed by atoms with E-state index in [4.69, 9.17) is 9.47 Å². The molecule has 1 N–H and O–H groups in total. The second-order valence-corrected chi connectivity index (χ2v) is 5.91. The number of fused-ring (bicyclic) bond motifs is 1. The molecule has 0 fully saturated rings. The van der Waals surface area contributed by atoms with Crippen LogP contribution in [0.2, 0.25) is 0 Å². The maximum Gasteiger partial charge on any atom is 0.347 e. The van der Waals surface area contributed by atoms with Crippen LogP contribution in [-0.2, 0) is 9.53 Å². The molecule has 5 nitrogen and oxygen atoms in total. The predicted octanol–water partition coefficient (Wildman–Crippen LogP) is 3.89. The average Bonchev–Trinajstić information content (AvgIpc) is 3.07. The maximum atomic E-state index is 12.9. The summed E-state index contributed by atoms with van der Waals surface area (Å²) in [6.45, 7) is 3.03. The quantitative estimate of drug-likeness (QED) is 0.538. The number of ketones is 1. The molecule has 0 spiro atoms. The molecular weight excluding hydrogens is 337 g/mol. The Morgan fingerprint density at radius 1 is 1.00 bits per heavy atom. The third-order valence-electron chi connectivity index (χ3n) is 3.98. The minimum Gasteiger partial charge on any atom is -0.479 e. The van der Waals surface area contributed by atoms with E-state index < -0.39 is 24.0 Å². The molecule has 3 aromatic rings. The zero-order valence-electron chi connectivity index (χ0n) is 14.4. The van der Waals surface area contributed by atoms with E-state index in [2.05, 4.69) is 4.98 Å². The second kappa shape index (κ2) is 7.39. The smallest absolute Gasteiger partial charge is 0.347 e. The van der Waals surface area contributed by atoms with Gasteiger partial charge in [-0.2, -0.15) is 0 Å². The van der Waals surface area contributed by atoms with Crippen LogP contribution in [0.4, 0.5) is 4.39 Å². The number of carbonyl (C=O) groups excluding carboxylic acids is 2. The molecule has 0 aliphatic heterocycles. The predicted molar refractivity (Wildman–Crippen MR) is 94.7 cm³/mol. The lowest BCUT2D eigenvalue weighted by molar-refractivity contribution is -0.153. The van der Waals surface area contributed by atoms with Crippen LogP contribution in [0.1, 0.15) is 24.2 Å². The third-order valence-corrected chi connectivity index (χ3v) is 3.98. The highest BCUT2D eigenvalue weighted by Gasteiger charge is 2.25. The van der Waals surface area contributed by atoms with Crippen molar-refractivity contribution in [2.75, 3.05) is 0 Å². The maximum absolute atomic E-state index is 12.9. The van der Waals surface area contributed by atoms with Gasteiger partial charge in [-0.05, 0) is 44.2 Å². The van der Waals surface area contributed by atoms with Crippen molar-refractivity contribution in [1.82, 2.24) is 4.98 Å². The summed E-state index contributed by atoms with van der Waals surface area (Å²) in [5, 5.41) is 0.774. The molecule has 0 saturated carbocycles. The van der Waals surface area contributed by atoms with Gasteiger partial charge in [0, 0.05) is 22.7 Å². The molecule has 6 heteroatoms. The van der Waals surface area contributed by atoms with Gasteiger partial charge in [-0.15, -0.1) is 0 Å². The third kappa shape index (κ3) is 3.74. The highest BCUT2D eigenvalue weighted by atomic mass is 19.1. The number of esters is 1. The second-order valence-electron chi connectivity index (χ2n) is 5.91. The molecule has 1 heterocycles. The van der Waals surface area contributed by atoms with Crippen LogP contribution in [0.5, 0.6) is 5.75 Å². The van der Waals surface area contributed by atoms with Crippen molar-refractivity contribution in [2.45, 2.75) is 26.1 Å². The van der Waals surface area contributed by atoms with Gasteiger partial charge in [0.1, 0.15) is 11.6 Å². The number of aromatic amines is 1. The zero-order chi connectivity index (χ0) is 18.7. The molecule has 0 aliphatic rings. The zero-order valence-corrected chi connectivity index (χ0v) is 14.4. The number of halogens is 1. The van der Waals surface area contributed by atoms with E-state index in [-0.39, 0.29) is 5.78 Å². The molecule has 0 bridgehead atoms. The molecule has 3 rings (SSSR count). The molecule has 134 valence electrons. The monoisotopic (exact) mass is 355 g/mol. The standard InChI is InChI=1S/C20H18FNO4/c1-12(19(23)17-11-22-18-6-4-3-5-16(17)18)26-20(24)13(2)25-15-9-7-14(21)8-10-15/h3-13,22H,1-2H3/t12-,13+/m0/s1. The van der Waals surface area contributed by atoms with Crippen LogP contribution in [0, 0.1) is 5.82 Å². The van der Waals surface area contributed by atoms with Crippen LogP contribution in [0.3, 0.4) is 0 Å². The summed E-state index contributed by atoms with van der Waals surface area (Å²) in [5.41, 5.74) is 1.30. The lowest BCUT2D eigenvalue weighted by Gasteiger charge is -2.17. The molecule has 0 saturated heterocycles. The first kappa shape index (κ1) is 17.7. The lowest BCUT2D eigenvalue weighted by Crippen LogP contribution is -2.32. The fourth-order valence-electron chi connectivity index (χ4n) is 2.58. The van der Waals surface area contributed by atoms with Gasteiger partial charge in [0.15, 0.2) is 12.2 Å². The molecule has 2 atom stereocenters. The van der Waals surface area contributed by atoms with E-state index in [1.165, 1.54) is 38.1 Å². The van der Waals surface area contributed by atoms with Crippen molar-refractivity contribution in [3.8, 4) is 5.75 Å². The van der Waals surface area contributed by atoms with Crippen molar-refractivity contribution in [3.05, 3.63) is 66.1 Å². The van der Waals surface area contributed by atoms with Gasteiger partial charge in [-0.25, -0.2) is 9.18 Å². The highest BCUT2D eigenvalue weighted by molar-refractivity contribution is 6.10. The van der Waals surface area contributed by atoms with E-state index in [0.29, 0.717) is 11.3 Å². The minimum atomic E-state index is -0.957. The van der Waals surface area contributed by atoms with Gasteiger partial charge in [-0.1, -0.05) is 18.2 Å². The lowest BCUT2D eigenvalue weighted by atomic mass is 10.1. The van der Waals surface area contributed by atoms with Gasteiger partial charge in [0.25, 0.3) is 0 Å². The van der Waals surface area contributed by atoms with E-state index in [0.717, 1.165) is 10.9 Å². The number of Topliss-reactive ketones (excluding diaryl/α,β-unsaturated/α-hetero) is 1. The average molecular weight is 355 g/mol. The first-order chi connectivity index (χ1) is 12.5. The van der Waals surface area contributed by atoms with Crippen molar-refractivity contribution < 1.29 is 23.5 Å². The Labute approximate surface area is 149 Å². The summed E-state index contributed by atoms with van der Waals surface area (Å²) < 4.78 is 23.6. The number of hydrogen-bond acceptors (Lipinski definition) is 4. The molecule has 0 aliphatic carbocycles. The van der Waals surface area contributed by atoms with E-state index >= 15 is 0 Å². The summed E-state index contributed by atoms with van der Waals surface area (Å²) in [7, 11) is 0. The van der Waals surface area contributed by atoms with E-state index in [1.807, 2.05) is 24.3 Å². The number of ether oxygens (including phenoxy) is 2. The van der Waals surface area contributed by atoms with E-state index in [1.54, 1.807) is 6.20 Å². The van der Waals surface area contributed by atoms with Crippen molar-refractivity contribution >= 4 is 22.7 Å². The number of H-pyrrole nitrogens is 1. The summed E-state index contributed by atoms with van der Waals surface area (Å²) in [6, 6.07) is 12.7. The number of para-hydroxylation sites is 1. The number of benzene rings is 2. The Hall–Kier alpha value is -3.15. The molecule has 2 aromatic carbocycles. The van der Waals surface area contributed by atoms with Crippen LogP contribution >= 0.6 is 0 Å². The number of carbonyl (C=O) groups is 2. The van der Waals surface area contributed by atoms with Crippen LogP contribution < -0.4 is 4.74 Å². The summed E-state index contributed by atoms with van der Waals surface area (Å²) in [4.78, 5) is 27.8. The normalized spacial score (nSPS) is 13.2. The largest absolute Gasteiger partial charge is 0.479 e. The first-order valence-electron chi connectivity index (χ1n) is 8.19. The Kier molecular flexibility index (Phi) is 5.02. The molecule has 0 amide bonds. The van der Waals surface area contributed by atoms with E-state index in [9.17, 15) is 14.0 Å². The van der Waals surface area contributed by atoms with Gasteiger partial charge >= 0.3 is 5.97 Å². The summed E-state index contributed by atoms with van der Waals surface area (Å²) >= 11 is 0. The molecular formula is C20H18FNO4. The van der Waals surface area contributed by atoms with Gasteiger partial charge in [-0.3, -0.25) is 4.79 Å². The van der Waals surface area contributed by atoms with Crippen LogP contribution in [0.25, 0.3) is 10.9 Å². The Morgan fingerprint density at radius 2 is 1.69 bits per heavy atom. The molecule has 26 heavy (non-hydrogen) atoms. The van der Waals surface area contributed by atoms with Crippen molar-refractivity contribution in [2.24, 2.45) is 0 Å². The Bertz CT molecular complexity index is 932. The van der Waals surface area contributed by atoms with Gasteiger partial charge < -0.3 is 14.5 Å². The Morgan fingerprint density at radius 3 is 2.42 bits per heavy atom. The van der Waals surface area contributed by atoms with Gasteiger partial charge in [0.05, 0.1) is 0 Å². The summed E-state index contributed by atoms with van der Waals surface area (Å²) in [6.07, 6.45) is -0.282. The van der Waals surface area contributed by atoms with Crippen LogP contribution in [-0.4, -0.2) is 28.9 Å². The molecule has 0 radical (unpaired) electrons. The highest BCUT2D eigenvalue weighted by Crippen LogP contribution is 2.20. The minimum absolute atomic E-state index is 0.301.